The molecule has 0 saturated carbocycles. The Kier molecular flexibility index (Phi) is 6.86. The van der Waals surface area contributed by atoms with E-state index in [2.05, 4.69) is 5.32 Å². The topological polar surface area (TPSA) is 77.1 Å². The molecule has 7 heteroatoms. The summed E-state index contributed by atoms with van der Waals surface area (Å²) in [6.45, 7) is 1.01. The van der Waals surface area contributed by atoms with Crippen molar-refractivity contribution in [1.82, 2.24) is 5.32 Å². The first kappa shape index (κ1) is 19.7. The van der Waals surface area contributed by atoms with Gasteiger partial charge in [-0.3, -0.25) is 9.59 Å². The number of hydrogen-bond acceptors (Lipinski definition) is 5. The number of anilines is 1. The van der Waals surface area contributed by atoms with Crippen LogP contribution in [0, 0.1) is 0 Å². The van der Waals surface area contributed by atoms with Crippen molar-refractivity contribution in [3.63, 3.8) is 0 Å². The van der Waals surface area contributed by atoms with E-state index < -0.39 is 0 Å². The SMILES string of the molecule is COc1ccc(N2CC(CNC(=O)CCOc3ccccc3)OCC2=O)cc1. The van der Waals surface area contributed by atoms with Crippen LogP contribution in [0.25, 0.3) is 0 Å². The number of ether oxygens (including phenoxy) is 3. The molecule has 0 radical (unpaired) electrons. The summed E-state index contributed by atoms with van der Waals surface area (Å²) in [7, 11) is 1.60. The number of nitrogens with one attached hydrogen (secondary N) is 1. The molecule has 3 rings (SSSR count). The molecule has 0 spiro atoms. The molecule has 0 aromatic heterocycles. The molecule has 1 N–H and O–H groups in total. The number of carbonyl (C=O) groups is 2. The van der Waals surface area contributed by atoms with Crippen molar-refractivity contribution >= 4 is 17.5 Å². The van der Waals surface area contributed by atoms with Crippen LogP contribution in [0.5, 0.6) is 11.5 Å². The Balaban J connectivity index is 1.43. The number of methoxy groups -OCH3 is 1. The van der Waals surface area contributed by atoms with Gasteiger partial charge in [0, 0.05) is 12.2 Å². The normalized spacial score (nSPS) is 16.5. The molecule has 1 heterocycles. The van der Waals surface area contributed by atoms with Gasteiger partial charge < -0.3 is 24.4 Å². The van der Waals surface area contributed by atoms with Gasteiger partial charge in [-0.1, -0.05) is 18.2 Å². The zero-order valence-corrected chi connectivity index (χ0v) is 15.8. The highest BCUT2D eigenvalue weighted by molar-refractivity contribution is 5.95. The molecular weight excluding hydrogens is 360 g/mol. The highest BCUT2D eigenvalue weighted by atomic mass is 16.5. The summed E-state index contributed by atoms with van der Waals surface area (Å²) < 4.78 is 16.2. The van der Waals surface area contributed by atoms with Gasteiger partial charge in [-0.05, 0) is 36.4 Å². The number of carbonyl (C=O) groups excluding carboxylic acids is 2. The van der Waals surface area contributed by atoms with E-state index in [1.165, 1.54) is 0 Å². The smallest absolute Gasteiger partial charge is 0.253 e. The summed E-state index contributed by atoms with van der Waals surface area (Å²) in [6, 6.07) is 16.6. The van der Waals surface area contributed by atoms with Crippen molar-refractivity contribution in [2.45, 2.75) is 12.5 Å². The van der Waals surface area contributed by atoms with E-state index in [-0.39, 0.29) is 30.9 Å². The Labute approximate surface area is 164 Å². The minimum Gasteiger partial charge on any atom is -0.497 e. The summed E-state index contributed by atoms with van der Waals surface area (Å²) in [5.74, 6) is 1.24. The van der Waals surface area contributed by atoms with E-state index in [1.807, 2.05) is 54.6 Å². The van der Waals surface area contributed by atoms with Gasteiger partial charge in [0.15, 0.2) is 0 Å². The third kappa shape index (κ3) is 5.47. The van der Waals surface area contributed by atoms with Gasteiger partial charge >= 0.3 is 0 Å². The van der Waals surface area contributed by atoms with Gasteiger partial charge in [0.25, 0.3) is 5.91 Å². The fourth-order valence-electron chi connectivity index (χ4n) is 2.85. The summed E-state index contributed by atoms with van der Waals surface area (Å²) in [5, 5.41) is 2.84. The van der Waals surface area contributed by atoms with Gasteiger partial charge in [-0.2, -0.15) is 0 Å². The monoisotopic (exact) mass is 384 g/mol. The lowest BCUT2D eigenvalue weighted by Crippen LogP contribution is -2.50. The van der Waals surface area contributed by atoms with Crippen LogP contribution in [0.4, 0.5) is 5.69 Å². The number of nitrogens with zero attached hydrogens (tertiary/aromatic N) is 1. The van der Waals surface area contributed by atoms with E-state index in [9.17, 15) is 9.59 Å². The molecule has 0 bridgehead atoms. The van der Waals surface area contributed by atoms with Crippen LogP contribution in [0.15, 0.2) is 54.6 Å². The lowest BCUT2D eigenvalue weighted by Gasteiger charge is -2.33. The van der Waals surface area contributed by atoms with E-state index in [0.29, 0.717) is 19.7 Å². The van der Waals surface area contributed by atoms with E-state index in [4.69, 9.17) is 14.2 Å². The van der Waals surface area contributed by atoms with Crippen molar-refractivity contribution in [3.05, 3.63) is 54.6 Å². The van der Waals surface area contributed by atoms with Crippen molar-refractivity contribution in [2.24, 2.45) is 0 Å². The lowest BCUT2D eigenvalue weighted by atomic mass is 10.2. The number of morpholine rings is 1. The molecule has 148 valence electrons. The largest absolute Gasteiger partial charge is 0.497 e. The zero-order valence-electron chi connectivity index (χ0n) is 15.8. The maximum atomic E-state index is 12.2. The van der Waals surface area contributed by atoms with Gasteiger partial charge in [-0.15, -0.1) is 0 Å². The Hall–Kier alpha value is -3.06. The Morgan fingerprint density at radius 2 is 1.89 bits per heavy atom. The molecule has 7 nitrogen and oxygen atoms in total. The van der Waals surface area contributed by atoms with Gasteiger partial charge in [0.05, 0.1) is 32.8 Å². The summed E-state index contributed by atoms with van der Waals surface area (Å²) in [4.78, 5) is 25.9. The lowest BCUT2D eigenvalue weighted by molar-refractivity contribution is -0.129. The van der Waals surface area contributed by atoms with E-state index in [1.54, 1.807) is 12.0 Å². The number of benzene rings is 2. The second-order valence-electron chi connectivity index (χ2n) is 6.35. The Bertz CT molecular complexity index is 779. The fraction of sp³-hybridized carbons (Fsp3) is 0.333. The van der Waals surface area contributed by atoms with Crippen LogP contribution in [0.1, 0.15) is 6.42 Å². The maximum absolute atomic E-state index is 12.2. The van der Waals surface area contributed by atoms with E-state index in [0.717, 1.165) is 17.2 Å². The van der Waals surface area contributed by atoms with Crippen molar-refractivity contribution in [2.75, 3.05) is 38.3 Å². The van der Waals surface area contributed by atoms with Gasteiger partial charge in [0.1, 0.15) is 18.1 Å². The van der Waals surface area contributed by atoms with Crippen LogP contribution in [0.2, 0.25) is 0 Å². The molecule has 1 saturated heterocycles. The maximum Gasteiger partial charge on any atom is 0.253 e. The number of hydrogen-bond donors (Lipinski definition) is 1. The average molecular weight is 384 g/mol. The minimum atomic E-state index is -0.265. The molecule has 28 heavy (non-hydrogen) atoms. The first-order valence-electron chi connectivity index (χ1n) is 9.16. The third-order valence-corrected chi connectivity index (χ3v) is 4.38. The standard InChI is InChI=1S/C21H24N2O5/c1-26-17-9-7-16(8-10-17)23-14-19(28-15-21(23)25)13-22-20(24)11-12-27-18-5-3-2-4-6-18/h2-10,19H,11-15H2,1H3,(H,22,24). The highest BCUT2D eigenvalue weighted by Gasteiger charge is 2.27. The summed E-state index contributed by atoms with van der Waals surface area (Å²) >= 11 is 0. The molecule has 1 unspecified atom stereocenters. The predicted octanol–water partition coefficient (Wildman–Crippen LogP) is 2.01. The Morgan fingerprint density at radius 1 is 1.14 bits per heavy atom. The summed E-state index contributed by atoms with van der Waals surface area (Å²) in [6.07, 6.45) is -0.0123. The van der Waals surface area contributed by atoms with Gasteiger partial charge in [-0.25, -0.2) is 0 Å². The molecule has 2 amide bonds. The first-order valence-corrected chi connectivity index (χ1v) is 9.16. The average Bonchev–Trinajstić information content (AvgIpc) is 2.74. The fourth-order valence-corrected chi connectivity index (χ4v) is 2.85. The third-order valence-electron chi connectivity index (χ3n) is 4.38. The van der Waals surface area contributed by atoms with Crippen molar-refractivity contribution in [3.8, 4) is 11.5 Å². The Morgan fingerprint density at radius 3 is 2.61 bits per heavy atom. The molecule has 1 atom stereocenters. The number of amides is 2. The molecule has 1 aliphatic heterocycles. The second kappa shape index (κ2) is 9.75. The molecular formula is C21H24N2O5. The van der Waals surface area contributed by atoms with Crippen molar-refractivity contribution < 1.29 is 23.8 Å². The number of para-hydroxylation sites is 1. The summed E-state index contributed by atoms with van der Waals surface area (Å²) in [5.41, 5.74) is 0.779. The van der Waals surface area contributed by atoms with Crippen LogP contribution in [-0.2, 0) is 14.3 Å². The van der Waals surface area contributed by atoms with Gasteiger partial charge in [0.2, 0.25) is 5.91 Å². The predicted molar refractivity (Wildman–Crippen MR) is 105 cm³/mol. The van der Waals surface area contributed by atoms with Crippen LogP contribution < -0.4 is 19.7 Å². The number of rotatable bonds is 8. The molecule has 2 aromatic carbocycles. The first-order chi connectivity index (χ1) is 13.7. The van der Waals surface area contributed by atoms with Crippen LogP contribution in [-0.4, -0.2) is 51.3 Å². The second-order valence-corrected chi connectivity index (χ2v) is 6.35. The van der Waals surface area contributed by atoms with Crippen LogP contribution in [0.3, 0.4) is 0 Å². The van der Waals surface area contributed by atoms with Crippen LogP contribution >= 0.6 is 0 Å². The highest BCUT2D eigenvalue weighted by Crippen LogP contribution is 2.22. The minimum absolute atomic E-state index is 0.0102. The molecule has 2 aromatic rings. The van der Waals surface area contributed by atoms with Crippen molar-refractivity contribution in [1.29, 1.82) is 0 Å². The zero-order chi connectivity index (χ0) is 19.8. The quantitative estimate of drug-likeness (QED) is 0.753. The molecule has 1 aliphatic rings. The molecule has 1 fully saturated rings. The van der Waals surface area contributed by atoms with E-state index >= 15 is 0 Å². The molecule has 0 aliphatic carbocycles.